The number of likely N-dealkylation sites (tertiary alicyclic amines) is 1. The fourth-order valence-electron chi connectivity index (χ4n) is 2.54. The molecule has 0 aromatic heterocycles. The van der Waals surface area contributed by atoms with E-state index < -0.39 is 0 Å². The molecule has 1 aliphatic rings. The number of nitrogens with zero attached hydrogens (tertiary/aromatic N) is 1. The predicted molar refractivity (Wildman–Crippen MR) is 68.2 cm³/mol. The Hall–Kier alpha value is -1.06. The van der Waals surface area contributed by atoms with E-state index in [2.05, 4.69) is 4.90 Å². The Labute approximate surface area is 103 Å². The molecule has 0 aliphatic carbocycles. The lowest BCUT2D eigenvalue weighted by Gasteiger charge is -2.30. The van der Waals surface area contributed by atoms with E-state index in [1.54, 1.807) is 6.07 Å². The van der Waals surface area contributed by atoms with Crippen LogP contribution in [0, 0.1) is 0 Å². The van der Waals surface area contributed by atoms with Gasteiger partial charge < -0.3 is 15.1 Å². The van der Waals surface area contributed by atoms with E-state index in [0.29, 0.717) is 5.75 Å². The molecule has 0 amide bonds. The molecule has 2 N–H and O–H groups in total. The number of rotatable bonds is 4. The average molecular weight is 235 g/mol. The van der Waals surface area contributed by atoms with Crippen LogP contribution in [0.4, 0.5) is 0 Å². The second kappa shape index (κ2) is 6.03. The minimum Gasteiger partial charge on any atom is -0.508 e. The molecule has 3 heteroatoms. The second-order valence-corrected chi connectivity index (χ2v) is 4.80. The lowest BCUT2D eigenvalue weighted by Crippen LogP contribution is -2.34. The fraction of sp³-hybridized carbons (Fsp3) is 0.571. The summed E-state index contributed by atoms with van der Waals surface area (Å²) in [5.41, 5.74) is 0.862. The molecule has 0 radical (unpaired) electrons. The van der Waals surface area contributed by atoms with Crippen LogP contribution >= 0.6 is 0 Å². The topological polar surface area (TPSA) is 43.7 Å². The average Bonchev–Trinajstić information content (AvgIpc) is 2.38. The number of benzene rings is 1. The van der Waals surface area contributed by atoms with Crippen LogP contribution in [0.3, 0.4) is 0 Å². The van der Waals surface area contributed by atoms with Gasteiger partial charge in [-0.05, 0) is 32.0 Å². The van der Waals surface area contributed by atoms with Crippen molar-refractivity contribution >= 4 is 0 Å². The van der Waals surface area contributed by atoms with Crippen molar-refractivity contribution in [2.75, 3.05) is 26.2 Å². The van der Waals surface area contributed by atoms with Crippen LogP contribution in [0.1, 0.15) is 30.7 Å². The third-order valence-corrected chi connectivity index (χ3v) is 3.52. The Morgan fingerprint density at radius 2 is 1.82 bits per heavy atom. The van der Waals surface area contributed by atoms with E-state index in [1.807, 2.05) is 18.2 Å². The summed E-state index contributed by atoms with van der Waals surface area (Å²) >= 11 is 0. The summed E-state index contributed by atoms with van der Waals surface area (Å²) in [6.07, 6.45) is 3.81. The monoisotopic (exact) mass is 235 g/mol. The number of aliphatic hydroxyl groups excluding tert-OH is 1. The Balaban J connectivity index is 2.03. The van der Waals surface area contributed by atoms with Crippen LogP contribution in [0.5, 0.6) is 5.75 Å². The number of hydrogen-bond donors (Lipinski definition) is 2. The van der Waals surface area contributed by atoms with Gasteiger partial charge in [0.15, 0.2) is 0 Å². The highest BCUT2D eigenvalue weighted by Gasteiger charge is 2.19. The molecular weight excluding hydrogens is 214 g/mol. The van der Waals surface area contributed by atoms with E-state index in [0.717, 1.165) is 25.2 Å². The largest absolute Gasteiger partial charge is 0.508 e. The van der Waals surface area contributed by atoms with Crippen LogP contribution < -0.4 is 0 Å². The van der Waals surface area contributed by atoms with E-state index in [4.69, 9.17) is 0 Å². The Morgan fingerprint density at radius 1 is 1.12 bits per heavy atom. The third kappa shape index (κ3) is 3.20. The summed E-state index contributed by atoms with van der Waals surface area (Å²) in [7, 11) is 0. The molecule has 0 bridgehead atoms. The first-order valence-electron chi connectivity index (χ1n) is 6.42. The minimum atomic E-state index is 0.0225. The molecule has 2 rings (SSSR count). The van der Waals surface area contributed by atoms with Gasteiger partial charge in [-0.25, -0.2) is 0 Å². The van der Waals surface area contributed by atoms with Crippen LogP contribution in [-0.4, -0.2) is 41.4 Å². The van der Waals surface area contributed by atoms with Crippen LogP contribution in [0.2, 0.25) is 0 Å². The minimum absolute atomic E-state index is 0.0225. The van der Waals surface area contributed by atoms with Crippen molar-refractivity contribution in [3.8, 4) is 5.75 Å². The Kier molecular flexibility index (Phi) is 4.40. The molecule has 0 saturated carbocycles. The molecule has 1 saturated heterocycles. The number of aliphatic hydroxyl groups is 1. The first-order valence-corrected chi connectivity index (χ1v) is 6.42. The number of para-hydroxylation sites is 1. The molecule has 94 valence electrons. The zero-order valence-corrected chi connectivity index (χ0v) is 10.2. The molecular formula is C14H21NO2. The number of phenolic OH excluding ortho intramolecular Hbond substituents is 1. The smallest absolute Gasteiger partial charge is 0.119 e. The summed E-state index contributed by atoms with van der Waals surface area (Å²) in [6.45, 7) is 3.16. The van der Waals surface area contributed by atoms with Crippen molar-refractivity contribution < 1.29 is 10.2 Å². The van der Waals surface area contributed by atoms with Gasteiger partial charge in [-0.2, -0.15) is 0 Å². The second-order valence-electron chi connectivity index (χ2n) is 4.80. The summed E-state index contributed by atoms with van der Waals surface area (Å²) in [5.74, 6) is 0.317. The molecule has 1 unspecified atom stereocenters. The SMILES string of the molecule is OCC(CN1CCCCC1)c1ccccc1O. The standard InChI is InChI=1S/C14H21NO2/c16-11-12(10-15-8-4-1-5-9-15)13-6-2-3-7-14(13)17/h2-3,6-7,12,16-17H,1,4-5,8-11H2. The van der Waals surface area contributed by atoms with Gasteiger partial charge in [-0.3, -0.25) is 0 Å². The third-order valence-electron chi connectivity index (χ3n) is 3.52. The van der Waals surface area contributed by atoms with Crippen LogP contribution in [0.25, 0.3) is 0 Å². The summed E-state index contributed by atoms with van der Waals surface area (Å²) < 4.78 is 0. The number of phenols is 1. The van der Waals surface area contributed by atoms with Gasteiger partial charge in [0.1, 0.15) is 5.75 Å². The zero-order valence-electron chi connectivity index (χ0n) is 10.2. The van der Waals surface area contributed by atoms with Gasteiger partial charge in [0, 0.05) is 18.0 Å². The van der Waals surface area contributed by atoms with Crippen molar-refractivity contribution in [2.45, 2.75) is 25.2 Å². The van der Waals surface area contributed by atoms with Gasteiger partial charge in [-0.1, -0.05) is 24.6 Å². The van der Waals surface area contributed by atoms with Crippen molar-refractivity contribution in [3.05, 3.63) is 29.8 Å². The van der Waals surface area contributed by atoms with Gasteiger partial charge >= 0.3 is 0 Å². The first kappa shape index (κ1) is 12.4. The molecule has 1 aromatic rings. The molecule has 1 aliphatic heterocycles. The highest BCUT2D eigenvalue weighted by molar-refractivity contribution is 5.35. The molecule has 3 nitrogen and oxygen atoms in total. The normalized spacial score (nSPS) is 19.1. The van der Waals surface area contributed by atoms with Crippen molar-refractivity contribution in [1.29, 1.82) is 0 Å². The molecule has 0 spiro atoms. The number of aromatic hydroxyl groups is 1. The van der Waals surface area contributed by atoms with E-state index >= 15 is 0 Å². The molecule has 1 fully saturated rings. The van der Waals surface area contributed by atoms with E-state index in [-0.39, 0.29) is 12.5 Å². The zero-order chi connectivity index (χ0) is 12.1. The lowest BCUT2D eigenvalue weighted by atomic mass is 9.97. The van der Waals surface area contributed by atoms with Crippen LogP contribution in [-0.2, 0) is 0 Å². The van der Waals surface area contributed by atoms with E-state index in [9.17, 15) is 10.2 Å². The molecule has 1 atom stereocenters. The van der Waals surface area contributed by atoms with Gasteiger partial charge in [0.25, 0.3) is 0 Å². The maximum Gasteiger partial charge on any atom is 0.119 e. The molecule has 1 heterocycles. The maximum atomic E-state index is 9.81. The van der Waals surface area contributed by atoms with Crippen molar-refractivity contribution in [2.24, 2.45) is 0 Å². The van der Waals surface area contributed by atoms with Crippen LogP contribution in [0.15, 0.2) is 24.3 Å². The summed E-state index contributed by atoms with van der Waals surface area (Å²) in [4.78, 5) is 2.39. The number of hydrogen-bond acceptors (Lipinski definition) is 3. The quantitative estimate of drug-likeness (QED) is 0.838. The number of piperidine rings is 1. The highest BCUT2D eigenvalue weighted by Crippen LogP contribution is 2.26. The van der Waals surface area contributed by atoms with E-state index in [1.165, 1.54) is 19.3 Å². The molecule has 17 heavy (non-hydrogen) atoms. The maximum absolute atomic E-state index is 9.81. The Morgan fingerprint density at radius 3 is 2.47 bits per heavy atom. The molecule has 1 aromatic carbocycles. The summed E-state index contributed by atoms with van der Waals surface area (Å²) in [5, 5.41) is 19.3. The van der Waals surface area contributed by atoms with Crippen molar-refractivity contribution in [1.82, 2.24) is 4.90 Å². The predicted octanol–water partition coefficient (Wildman–Crippen LogP) is 1.95. The fourth-order valence-corrected chi connectivity index (χ4v) is 2.54. The van der Waals surface area contributed by atoms with Gasteiger partial charge in [-0.15, -0.1) is 0 Å². The summed E-state index contributed by atoms with van der Waals surface area (Å²) in [6, 6.07) is 7.32. The first-order chi connectivity index (χ1) is 8.31. The lowest BCUT2D eigenvalue weighted by molar-refractivity contribution is 0.177. The highest BCUT2D eigenvalue weighted by atomic mass is 16.3. The van der Waals surface area contributed by atoms with Gasteiger partial charge in [0.05, 0.1) is 6.61 Å². The van der Waals surface area contributed by atoms with Crippen molar-refractivity contribution in [3.63, 3.8) is 0 Å². The van der Waals surface area contributed by atoms with Gasteiger partial charge in [0.2, 0.25) is 0 Å². The Bertz CT molecular complexity index is 348.